The Balaban J connectivity index is 1.67. The molecule has 22 heavy (non-hydrogen) atoms. The maximum atomic E-state index is 13.8. The molecule has 1 aromatic carbocycles. The maximum Gasteiger partial charge on any atom is 0.272 e. The van der Waals surface area contributed by atoms with Gasteiger partial charge in [0.15, 0.2) is 11.6 Å². The average molecular weight is 306 g/mol. The number of anilines is 1. The predicted molar refractivity (Wildman–Crippen MR) is 77.8 cm³/mol. The highest BCUT2D eigenvalue weighted by Gasteiger charge is 2.25. The molecule has 1 N–H and O–H groups in total. The van der Waals surface area contributed by atoms with Gasteiger partial charge in [-0.25, -0.2) is 13.8 Å². The molecular formula is C15H16F2N4O. The Morgan fingerprint density at radius 2 is 1.95 bits per heavy atom. The molecule has 0 spiro atoms. The number of imidazole rings is 1. The Morgan fingerprint density at radius 1 is 1.23 bits per heavy atom. The zero-order valence-corrected chi connectivity index (χ0v) is 12.1. The Labute approximate surface area is 126 Å². The lowest BCUT2D eigenvalue weighted by atomic mass is 10.2. The molecule has 0 unspecified atom stereocenters. The van der Waals surface area contributed by atoms with Crippen LogP contribution in [-0.4, -0.2) is 47.0 Å². The van der Waals surface area contributed by atoms with Crippen LogP contribution in [0.3, 0.4) is 0 Å². The number of nitrogens with one attached hydrogen (secondary N) is 1. The molecule has 3 rings (SSSR count). The van der Waals surface area contributed by atoms with Crippen LogP contribution < -0.4 is 4.90 Å². The maximum absolute atomic E-state index is 13.8. The third-order valence-corrected chi connectivity index (χ3v) is 3.77. The van der Waals surface area contributed by atoms with Gasteiger partial charge >= 0.3 is 0 Å². The molecule has 5 nitrogen and oxygen atoms in total. The molecule has 1 saturated heterocycles. The Kier molecular flexibility index (Phi) is 3.79. The summed E-state index contributed by atoms with van der Waals surface area (Å²) in [5, 5.41) is 0. The van der Waals surface area contributed by atoms with Crippen LogP contribution in [0.1, 0.15) is 16.3 Å². The normalized spacial score (nSPS) is 15.2. The number of aromatic amines is 1. The molecule has 2 aromatic rings. The summed E-state index contributed by atoms with van der Waals surface area (Å²) >= 11 is 0. The van der Waals surface area contributed by atoms with E-state index in [1.54, 1.807) is 22.8 Å². The molecule has 1 amide bonds. The Bertz CT molecular complexity index is 693. The topological polar surface area (TPSA) is 52.2 Å². The van der Waals surface area contributed by atoms with Crippen LogP contribution in [0, 0.1) is 18.6 Å². The fourth-order valence-corrected chi connectivity index (χ4v) is 2.59. The van der Waals surface area contributed by atoms with Gasteiger partial charge in [0.05, 0.1) is 11.9 Å². The number of hydrogen-bond donors (Lipinski definition) is 1. The third kappa shape index (κ3) is 2.66. The minimum absolute atomic E-state index is 0.125. The second-order valence-corrected chi connectivity index (χ2v) is 5.23. The van der Waals surface area contributed by atoms with Crippen LogP contribution in [-0.2, 0) is 0 Å². The third-order valence-electron chi connectivity index (χ3n) is 3.77. The van der Waals surface area contributed by atoms with Gasteiger partial charge in [-0.2, -0.15) is 0 Å². The molecule has 0 saturated carbocycles. The van der Waals surface area contributed by atoms with Crippen molar-refractivity contribution in [2.45, 2.75) is 6.92 Å². The quantitative estimate of drug-likeness (QED) is 0.923. The van der Waals surface area contributed by atoms with Gasteiger partial charge in [0.2, 0.25) is 0 Å². The number of halogens is 2. The zero-order valence-electron chi connectivity index (χ0n) is 12.1. The van der Waals surface area contributed by atoms with Crippen molar-refractivity contribution in [2.24, 2.45) is 0 Å². The molecule has 2 heterocycles. The standard InChI is InChI=1S/C15H16F2N4O/c1-10-18-9-12(19-10)15(22)21-7-5-20(6-8-21)13-4-2-3-11(16)14(13)17/h2-4,9H,5-8H2,1H3,(H,18,19). The molecule has 7 heteroatoms. The first-order valence-corrected chi connectivity index (χ1v) is 7.06. The summed E-state index contributed by atoms with van der Waals surface area (Å²) in [6, 6.07) is 4.13. The summed E-state index contributed by atoms with van der Waals surface area (Å²) in [6.07, 6.45) is 1.51. The van der Waals surface area contributed by atoms with Gasteiger partial charge in [0, 0.05) is 26.2 Å². The molecule has 0 aliphatic carbocycles. The van der Waals surface area contributed by atoms with Gasteiger partial charge in [0.1, 0.15) is 11.5 Å². The minimum Gasteiger partial charge on any atom is -0.366 e. The first-order valence-electron chi connectivity index (χ1n) is 7.06. The van der Waals surface area contributed by atoms with E-state index in [4.69, 9.17) is 0 Å². The number of benzene rings is 1. The van der Waals surface area contributed by atoms with Crippen LogP contribution in [0.25, 0.3) is 0 Å². The van der Waals surface area contributed by atoms with Crippen LogP contribution in [0.2, 0.25) is 0 Å². The van der Waals surface area contributed by atoms with E-state index in [0.29, 0.717) is 37.7 Å². The minimum atomic E-state index is -0.857. The summed E-state index contributed by atoms with van der Waals surface area (Å²) in [5.41, 5.74) is 0.687. The van der Waals surface area contributed by atoms with Crippen molar-refractivity contribution in [3.05, 3.63) is 47.5 Å². The molecule has 1 aliphatic rings. The Morgan fingerprint density at radius 3 is 2.59 bits per heavy atom. The van der Waals surface area contributed by atoms with E-state index in [9.17, 15) is 13.6 Å². The summed E-state index contributed by atoms with van der Waals surface area (Å²) in [4.78, 5) is 22.6. The van der Waals surface area contributed by atoms with E-state index in [-0.39, 0.29) is 11.6 Å². The number of piperazine rings is 1. The number of carbonyl (C=O) groups excluding carboxylic acids is 1. The van der Waals surface area contributed by atoms with Crippen LogP contribution in [0.4, 0.5) is 14.5 Å². The van der Waals surface area contributed by atoms with E-state index in [1.165, 1.54) is 12.3 Å². The average Bonchev–Trinajstić information content (AvgIpc) is 2.96. The molecule has 1 aromatic heterocycles. The van der Waals surface area contributed by atoms with Crippen molar-refractivity contribution < 1.29 is 13.6 Å². The van der Waals surface area contributed by atoms with Crippen molar-refractivity contribution in [3.8, 4) is 0 Å². The lowest BCUT2D eigenvalue weighted by molar-refractivity contribution is 0.0741. The molecule has 1 fully saturated rings. The van der Waals surface area contributed by atoms with E-state index < -0.39 is 11.6 Å². The van der Waals surface area contributed by atoms with E-state index in [1.807, 2.05) is 0 Å². The lowest BCUT2D eigenvalue weighted by Gasteiger charge is -2.36. The van der Waals surface area contributed by atoms with Crippen molar-refractivity contribution >= 4 is 11.6 Å². The second kappa shape index (κ2) is 5.75. The van der Waals surface area contributed by atoms with Gasteiger partial charge in [0.25, 0.3) is 5.91 Å². The molecule has 1 aliphatic heterocycles. The summed E-state index contributed by atoms with van der Waals surface area (Å²) in [7, 11) is 0. The van der Waals surface area contributed by atoms with Gasteiger partial charge in [-0.3, -0.25) is 4.79 Å². The highest BCUT2D eigenvalue weighted by atomic mass is 19.2. The fraction of sp³-hybridized carbons (Fsp3) is 0.333. The van der Waals surface area contributed by atoms with Crippen molar-refractivity contribution in [1.29, 1.82) is 0 Å². The van der Waals surface area contributed by atoms with Crippen LogP contribution in [0.5, 0.6) is 0 Å². The number of nitrogens with zero attached hydrogens (tertiary/aromatic N) is 3. The summed E-state index contributed by atoms with van der Waals surface area (Å²) < 4.78 is 27.1. The van der Waals surface area contributed by atoms with Crippen LogP contribution in [0.15, 0.2) is 24.4 Å². The number of carbonyl (C=O) groups is 1. The lowest BCUT2D eigenvalue weighted by Crippen LogP contribution is -2.49. The van der Waals surface area contributed by atoms with Gasteiger partial charge in [-0.15, -0.1) is 0 Å². The highest BCUT2D eigenvalue weighted by Crippen LogP contribution is 2.23. The zero-order chi connectivity index (χ0) is 15.7. The monoisotopic (exact) mass is 306 g/mol. The first kappa shape index (κ1) is 14.5. The van der Waals surface area contributed by atoms with Crippen molar-refractivity contribution in [3.63, 3.8) is 0 Å². The second-order valence-electron chi connectivity index (χ2n) is 5.23. The molecule has 0 radical (unpaired) electrons. The van der Waals surface area contributed by atoms with Crippen molar-refractivity contribution in [2.75, 3.05) is 31.1 Å². The van der Waals surface area contributed by atoms with Crippen LogP contribution >= 0.6 is 0 Å². The Hall–Kier alpha value is -2.44. The molecule has 0 atom stereocenters. The molecular weight excluding hydrogens is 290 g/mol. The van der Waals surface area contributed by atoms with E-state index in [2.05, 4.69) is 9.97 Å². The van der Waals surface area contributed by atoms with Gasteiger partial charge < -0.3 is 14.8 Å². The fourth-order valence-electron chi connectivity index (χ4n) is 2.59. The number of rotatable bonds is 2. The smallest absolute Gasteiger partial charge is 0.272 e. The molecule has 116 valence electrons. The molecule has 0 bridgehead atoms. The SMILES string of the molecule is Cc1ncc(C(=O)N2CCN(c3cccc(F)c3F)CC2)[nH]1. The number of hydrogen-bond acceptors (Lipinski definition) is 3. The largest absolute Gasteiger partial charge is 0.366 e. The number of amides is 1. The van der Waals surface area contributed by atoms with Crippen molar-refractivity contribution in [1.82, 2.24) is 14.9 Å². The predicted octanol–water partition coefficient (Wildman–Crippen LogP) is 1.96. The number of aromatic nitrogens is 2. The van der Waals surface area contributed by atoms with E-state index in [0.717, 1.165) is 6.07 Å². The van der Waals surface area contributed by atoms with E-state index >= 15 is 0 Å². The number of H-pyrrole nitrogens is 1. The summed E-state index contributed by atoms with van der Waals surface area (Å²) in [5.74, 6) is -1.14. The van der Waals surface area contributed by atoms with Gasteiger partial charge in [-0.05, 0) is 19.1 Å². The van der Waals surface area contributed by atoms with Gasteiger partial charge in [-0.1, -0.05) is 6.07 Å². The highest BCUT2D eigenvalue weighted by molar-refractivity contribution is 5.92. The summed E-state index contributed by atoms with van der Waals surface area (Å²) in [6.45, 7) is 3.60. The first-order chi connectivity index (χ1) is 10.6. The number of aryl methyl sites for hydroxylation is 1.